The summed E-state index contributed by atoms with van der Waals surface area (Å²) >= 11 is 0. The van der Waals surface area contributed by atoms with E-state index in [1.165, 1.54) is 12.4 Å². The summed E-state index contributed by atoms with van der Waals surface area (Å²) in [5.41, 5.74) is 0.291. The van der Waals surface area contributed by atoms with Crippen LogP contribution in [-0.2, 0) is 0 Å². The first-order valence-corrected chi connectivity index (χ1v) is 6.13. The highest BCUT2D eigenvalue weighted by molar-refractivity contribution is 5.92. The molecule has 0 unspecified atom stereocenters. The highest BCUT2D eigenvalue weighted by Gasteiger charge is 2.29. The molecule has 1 aliphatic rings. The second-order valence-electron chi connectivity index (χ2n) is 4.15. The van der Waals surface area contributed by atoms with E-state index in [1.807, 2.05) is 6.92 Å². The Kier molecular flexibility index (Phi) is 4.09. The van der Waals surface area contributed by atoms with E-state index in [-0.39, 0.29) is 18.6 Å². The average Bonchev–Trinajstić information content (AvgIpc) is 2.87. The van der Waals surface area contributed by atoms with Crippen molar-refractivity contribution in [3.63, 3.8) is 0 Å². The molecule has 6 heteroatoms. The van der Waals surface area contributed by atoms with Gasteiger partial charge in [-0.05, 0) is 19.8 Å². The zero-order chi connectivity index (χ0) is 13.0. The minimum absolute atomic E-state index is 0.00377. The highest BCUT2D eigenvalue weighted by atomic mass is 16.5. The molecule has 18 heavy (non-hydrogen) atoms. The maximum absolute atomic E-state index is 12.2. The number of carbonyl (C=O) groups excluding carboxylic acids is 1. The van der Waals surface area contributed by atoms with Gasteiger partial charge in [0.05, 0.1) is 31.6 Å². The molecule has 0 spiro atoms. The van der Waals surface area contributed by atoms with Crippen LogP contribution in [0.15, 0.2) is 12.4 Å². The number of nitrogens with zero attached hydrogens (tertiary/aromatic N) is 3. The van der Waals surface area contributed by atoms with Crippen molar-refractivity contribution in [1.29, 1.82) is 0 Å². The smallest absolute Gasteiger partial charge is 0.274 e. The predicted octanol–water partition coefficient (Wildman–Crippen LogP) is 0.472. The fourth-order valence-electron chi connectivity index (χ4n) is 2.09. The fraction of sp³-hybridized carbons (Fsp3) is 0.583. The summed E-state index contributed by atoms with van der Waals surface area (Å²) in [5, 5.41) is 9.20. The lowest BCUT2D eigenvalue weighted by Crippen LogP contribution is -2.38. The number of hydrogen-bond donors (Lipinski definition) is 1. The summed E-state index contributed by atoms with van der Waals surface area (Å²) in [6, 6.07) is -0.0918. The Bertz CT molecular complexity index is 408. The largest absolute Gasteiger partial charge is 0.477 e. The molecule has 6 nitrogen and oxygen atoms in total. The Morgan fingerprint density at radius 2 is 2.39 bits per heavy atom. The van der Waals surface area contributed by atoms with E-state index in [1.54, 1.807) is 4.90 Å². The second-order valence-corrected chi connectivity index (χ2v) is 4.15. The summed E-state index contributed by atoms with van der Waals surface area (Å²) in [7, 11) is 0. The lowest BCUT2D eigenvalue weighted by Gasteiger charge is -2.22. The third-order valence-electron chi connectivity index (χ3n) is 2.99. The first-order valence-electron chi connectivity index (χ1n) is 6.13. The number of carbonyl (C=O) groups is 1. The van der Waals surface area contributed by atoms with Crippen LogP contribution in [0.3, 0.4) is 0 Å². The lowest BCUT2D eigenvalue weighted by atomic mass is 10.2. The molecule has 1 atom stereocenters. The van der Waals surface area contributed by atoms with Gasteiger partial charge in [-0.1, -0.05) is 0 Å². The summed E-state index contributed by atoms with van der Waals surface area (Å²) in [6.07, 6.45) is 4.62. The second kappa shape index (κ2) is 5.77. The maximum atomic E-state index is 12.2. The average molecular weight is 251 g/mol. The highest BCUT2D eigenvalue weighted by Crippen LogP contribution is 2.19. The van der Waals surface area contributed by atoms with Gasteiger partial charge in [-0.2, -0.15) is 0 Å². The van der Waals surface area contributed by atoms with Crippen LogP contribution in [0, 0.1) is 0 Å². The Hall–Kier alpha value is -1.69. The van der Waals surface area contributed by atoms with Crippen molar-refractivity contribution < 1.29 is 14.6 Å². The Morgan fingerprint density at radius 3 is 3.00 bits per heavy atom. The zero-order valence-corrected chi connectivity index (χ0v) is 10.4. The Labute approximate surface area is 106 Å². The van der Waals surface area contributed by atoms with Gasteiger partial charge >= 0.3 is 0 Å². The number of hydrogen-bond acceptors (Lipinski definition) is 5. The van der Waals surface area contributed by atoms with Crippen LogP contribution in [0.2, 0.25) is 0 Å². The minimum Gasteiger partial charge on any atom is -0.477 e. The number of aliphatic hydroxyl groups excluding tert-OH is 1. The number of likely N-dealkylation sites (tertiary alicyclic amines) is 1. The van der Waals surface area contributed by atoms with E-state index >= 15 is 0 Å². The summed E-state index contributed by atoms with van der Waals surface area (Å²) in [6.45, 7) is 3.03. The molecule has 0 aromatic carbocycles. The van der Waals surface area contributed by atoms with Gasteiger partial charge in [-0.15, -0.1) is 0 Å². The van der Waals surface area contributed by atoms with Crippen LogP contribution >= 0.6 is 0 Å². The number of aromatic nitrogens is 2. The van der Waals surface area contributed by atoms with Crippen molar-refractivity contribution >= 4 is 5.91 Å². The van der Waals surface area contributed by atoms with Crippen LogP contribution < -0.4 is 4.74 Å². The molecule has 1 amide bonds. The molecule has 1 aliphatic heterocycles. The van der Waals surface area contributed by atoms with E-state index in [2.05, 4.69) is 9.97 Å². The van der Waals surface area contributed by atoms with Crippen LogP contribution in [0.4, 0.5) is 0 Å². The Morgan fingerprint density at radius 1 is 1.56 bits per heavy atom. The van der Waals surface area contributed by atoms with Crippen LogP contribution in [-0.4, -0.2) is 51.7 Å². The van der Waals surface area contributed by atoms with Crippen molar-refractivity contribution in [3.8, 4) is 5.88 Å². The van der Waals surface area contributed by atoms with Gasteiger partial charge in [0.1, 0.15) is 5.69 Å². The molecule has 0 bridgehead atoms. The molecule has 0 aliphatic carbocycles. The number of rotatable bonds is 4. The monoisotopic (exact) mass is 251 g/mol. The predicted molar refractivity (Wildman–Crippen MR) is 64.3 cm³/mol. The van der Waals surface area contributed by atoms with Crippen LogP contribution in [0.25, 0.3) is 0 Å². The molecule has 1 aromatic rings. The van der Waals surface area contributed by atoms with Crippen molar-refractivity contribution in [3.05, 3.63) is 18.1 Å². The van der Waals surface area contributed by atoms with Gasteiger partial charge < -0.3 is 14.7 Å². The SMILES string of the molecule is CCOc1cnc(C(=O)N2CCC[C@@H]2CO)cn1. The molecule has 0 radical (unpaired) electrons. The molecule has 2 rings (SSSR count). The van der Waals surface area contributed by atoms with Crippen molar-refractivity contribution in [1.82, 2.24) is 14.9 Å². The third-order valence-corrected chi connectivity index (χ3v) is 2.99. The fourth-order valence-corrected chi connectivity index (χ4v) is 2.09. The number of ether oxygens (including phenoxy) is 1. The third kappa shape index (κ3) is 2.59. The van der Waals surface area contributed by atoms with Crippen LogP contribution in [0.5, 0.6) is 5.88 Å². The van der Waals surface area contributed by atoms with Gasteiger partial charge in [0.2, 0.25) is 5.88 Å². The minimum atomic E-state index is -0.179. The van der Waals surface area contributed by atoms with Crippen LogP contribution in [0.1, 0.15) is 30.3 Å². The zero-order valence-electron chi connectivity index (χ0n) is 10.4. The lowest BCUT2D eigenvalue weighted by molar-refractivity contribution is 0.0671. The molecular weight excluding hydrogens is 234 g/mol. The molecule has 98 valence electrons. The topological polar surface area (TPSA) is 75.5 Å². The standard InChI is InChI=1S/C12H17N3O3/c1-2-18-11-7-13-10(6-14-11)12(17)15-5-3-4-9(15)8-16/h6-7,9,16H,2-5,8H2,1H3/t9-/m1/s1. The van der Waals surface area contributed by atoms with Crippen molar-refractivity contribution in [2.75, 3.05) is 19.8 Å². The summed E-state index contributed by atoms with van der Waals surface area (Å²) in [5.74, 6) is 0.233. The molecule has 1 aromatic heterocycles. The number of amides is 1. The molecule has 1 fully saturated rings. The normalized spacial score (nSPS) is 19.0. The van der Waals surface area contributed by atoms with Crippen molar-refractivity contribution in [2.24, 2.45) is 0 Å². The van der Waals surface area contributed by atoms with E-state index in [4.69, 9.17) is 4.74 Å². The molecule has 1 saturated heterocycles. The van der Waals surface area contributed by atoms with E-state index in [9.17, 15) is 9.90 Å². The van der Waals surface area contributed by atoms with Gasteiger partial charge in [0, 0.05) is 6.54 Å². The molecule has 0 saturated carbocycles. The Balaban J connectivity index is 2.08. The van der Waals surface area contributed by atoms with Gasteiger partial charge in [-0.25, -0.2) is 9.97 Å². The first-order chi connectivity index (χ1) is 8.76. The van der Waals surface area contributed by atoms with Gasteiger partial charge in [-0.3, -0.25) is 4.79 Å². The van der Waals surface area contributed by atoms with E-state index < -0.39 is 0 Å². The first kappa shape index (κ1) is 12.8. The molecule has 1 N–H and O–H groups in total. The molecular formula is C12H17N3O3. The number of aliphatic hydroxyl groups is 1. The quantitative estimate of drug-likeness (QED) is 0.842. The van der Waals surface area contributed by atoms with E-state index in [0.717, 1.165) is 12.8 Å². The van der Waals surface area contributed by atoms with Crippen molar-refractivity contribution in [2.45, 2.75) is 25.8 Å². The maximum Gasteiger partial charge on any atom is 0.274 e. The summed E-state index contributed by atoms with van der Waals surface area (Å²) < 4.78 is 5.17. The molecule has 2 heterocycles. The van der Waals surface area contributed by atoms with Gasteiger partial charge in [0.15, 0.2) is 0 Å². The van der Waals surface area contributed by atoms with E-state index in [0.29, 0.717) is 24.7 Å². The summed E-state index contributed by atoms with van der Waals surface area (Å²) in [4.78, 5) is 21.9. The van der Waals surface area contributed by atoms with Gasteiger partial charge in [0.25, 0.3) is 5.91 Å².